The molecule has 0 saturated carbocycles. The largest absolute Gasteiger partial charge is 0.497 e. The molecule has 154 valence electrons. The molecule has 0 heterocycles. The van der Waals surface area contributed by atoms with Gasteiger partial charge in [-0.05, 0) is 54.7 Å². The lowest BCUT2D eigenvalue weighted by Crippen LogP contribution is -2.44. The lowest BCUT2D eigenvalue weighted by Gasteiger charge is -2.12. The summed E-state index contributed by atoms with van der Waals surface area (Å²) in [5, 5.41) is 6.59. The molecule has 0 saturated heterocycles. The molecule has 7 nitrogen and oxygen atoms in total. The van der Waals surface area contributed by atoms with Crippen LogP contribution in [0.2, 0.25) is 10.0 Å². The molecular formula is C18H18Cl2N4O3S2. The maximum Gasteiger partial charge on any atom is 0.248 e. The van der Waals surface area contributed by atoms with Crippen LogP contribution in [0.15, 0.2) is 42.5 Å². The van der Waals surface area contributed by atoms with Crippen LogP contribution in [-0.2, 0) is 9.59 Å². The summed E-state index contributed by atoms with van der Waals surface area (Å²) in [4.78, 5) is 23.8. The first-order chi connectivity index (χ1) is 13.9. The average molecular weight is 473 g/mol. The van der Waals surface area contributed by atoms with Gasteiger partial charge < -0.3 is 15.4 Å². The molecule has 0 unspecified atom stereocenters. The molecule has 2 aromatic carbocycles. The second kappa shape index (κ2) is 11.7. The van der Waals surface area contributed by atoms with Crippen molar-refractivity contribution in [3.05, 3.63) is 52.5 Å². The van der Waals surface area contributed by atoms with Crippen molar-refractivity contribution in [3.63, 3.8) is 0 Å². The minimum Gasteiger partial charge on any atom is -0.497 e. The van der Waals surface area contributed by atoms with Gasteiger partial charge in [-0.15, -0.1) is 11.8 Å². The van der Waals surface area contributed by atoms with Crippen molar-refractivity contribution in [3.8, 4) is 5.75 Å². The zero-order valence-corrected chi connectivity index (χ0v) is 18.4. The van der Waals surface area contributed by atoms with Gasteiger partial charge in [0.1, 0.15) is 5.75 Å². The topological polar surface area (TPSA) is 91.5 Å². The van der Waals surface area contributed by atoms with Crippen molar-refractivity contribution in [1.82, 2.24) is 10.9 Å². The van der Waals surface area contributed by atoms with Crippen LogP contribution in [0.25, 0.3) is 0 Å². The summed E-state index contributed by atoms with van der Waals surface area (Å²) in [6.45, 7) is 0. The van der Waals surface area contributed by atoms with Crippen molar-refractivity contribution in [2.75, 3.05) is 29.2 Å². The van der Waals surface area contributed by atoms with Gasteiger partial charge in [-0.2, -0.15) is 0 Å². The number of methoxy groups -OCH3 is 1. The number of halogens is 2. The van der Waals surface area contributed by atoms with Crippen LogP contribution in [0.1, 0.15) is 0 Å². The van der Waals surface area contributed by atoms with E-state index in [1.165, 1.54) is 11.8 Å². The molecule has 0 fully saturated rings. The summed E-state index contributed by atoms with van der Waals surface area (Å²) < 4.78 is 5.06. The smallest absolute Gasteiger partial charge is 0.248 e. The highest BCUT2D eigenvalue weighted by molar-refractivity contribution is 8.00. The van der Waals surface area contributed by atoms with Gasteiger partial charge in [0.2, 0.25) is 11.8 Å². The van der Waals surface area contributed by atoms with Crippen LogP contribution >= 0.6 is 47.2 Å². The number of thiocarbonyl (C=S) groups is 1. The molecule has 0 aliphatic carbocycles. The Balaban J connectivity index is 1.63. The Hall–Kier alpha value is -2.20. The maximum atomic E-state index is 11.9. The highest BCUT2D eigenvalue weighted by Gasteiger charge is 2.07. The fourth-order valence-electron chi connectivity index (χ4n) is 2.01. The molecule has 0 radical (unpaired) electrons. The van der Waals surface area contributed by atoms with Crippen LogP contribution in [0, 0.1) is 0 Å². The second-order valence-electron chi connectivity index (χ2n) is 5.53. The molecule has 4 N–H and O–H groups in total. The van der Waals surface area contributed by atoms with Crippen molar-refractivity contribution < 1.29 is 14.3 Å². The molecule has 29 heavy (non-hydrogen) atoms. The minimum atomic E-state index is -0.328. The standard InChI is InChI=1S/C18H18Cl2N4O3S2/c1-27-13-5-2-11(3-6-13)21-16(25)9-29-10-17(26)23-24-18(28)22-12-4-7-14(19)15(20)8-12/h2-8H,9-10H2,1H3,(H,21,25)(H,23,26)(H2,22,24,28). The second-order valence-corrected chi connectivity index (χ2v) is 7.73. The number of hydrogen-bond acceptors (Lipinski definition) is 5. The Labute approximate surface area is 187 Å². The quantitative estimate of drug-likeness (QED) is 0.360. The Morgan fingerprint density at radius 1 is 0.931 bits per heavy atom. The van der Waals surface area contributed by atoms with Gasteiger partial charge in [0.15, 0.2) is 5.11 Å². The lowest BCUT2D eigenvalue weighted by atomic mass is 10.3. The predicted octanol–water partition coefficient (Wildman–Crippen LogP) is 3.69. The van der Waals surface area contributed by atoms with E-state index >= 15 is 0 Å². The van der Waals surface area contributed by atoms with Crippen LogP contribution in [0.3, 0.4) is 0 Å². The number of hydrogen-bond donors (Lipinski definition) is 4. The van der Waals surface area contributed by atoms with Crippen LogP contribution < -0.4 is 26.2 Å². The van der Waals surface area contributed by atoms with E-state index in [1.54, 1.807) is 49.6 Å². The molecule has 0 aromatic heterocycles. The normalized spacial score (nSPS) is 10.0. The number of carbonyl (C=O) groups excluding carboxylic acids is 2. The molecule has 0 aliphatic rings. The van der Waals surface area contributed by atoms with Gasteiger partial charge in [-0.3, -0.25) is 20.4 Å². The van der Waals surface area contributed by atoms with E-state index < -0.39 is 0 Å². The van der Waals surface area contributed by atoms with E-state index in [-0.39, 0.29) is 28.4 Å². The fraction of sp³-hybridized carbons (Fsp3) is 0.167. The van der Waals surface area contributed by atoms with Gasteiger partial charge in [0, 0.05) is 11.4 Å². The molecule has 0 bridgehead atoms. The Morgan fingerprint density at radius 3 is 2.24 bits per heavy atom. The molecule has 2 rings (SSSR count). The monoisotopic (exact) mass is 472 g/mol. The third-order valence-electron chi connectivity index (χ3n) is 3.33. The first-order valence-corrected chi connectivity index (χ1v) is 10.5. The number of hydrazine groups is 1. The van der Waals surface area contributed by atoms with E-state index in [4.69, 9.17) is 40.2 Å². The number of carbonyl (C=O) groups is 2. The summed E-state index contributed by atoms with van der Waals surface area (Å²) in [6, 6.07) is 11.9. The molecule has 11 heteroatoms. The highest BCUT2D eigenvalue weighted by atomic mass is 35.5. The van der Waals surface area contributed by atoms with Gasteiger partial charge in [-0.25, -0.2) is 0 Å². The van der Waals surface area contributed by atoms with Crippen molar-refractivity contribution in [1.29, 1.82) is 0 Å². The number of rotatable bonds is 7. The first kappa shape index (κ1) is 23.1. The van der Waals surface area contributed by atoms with Gasteiger partial charge in [-0.1, -0.05) is 23.2 Å². The summed E-state index contributed by atoms with van der Waals surface area (Å²) >= 11 is 18.0. The zero-order chi connectivity index (χ0) is 21.2. The summed E-state index contributed by atoms with van der Waals surface area (Å²) in [5.74, 6) is 0.375. The maximum absolute atomic E-state index is 11.9. The molecule has 2 amide bonds. The number of benzene rings is 2. The van der Waals surface area contributed by atoms with Gasteiger partial charge in [0.05, 0.1) is 28.7 Å². The zero-order valence-electron chi connectivity index (χ0n) is 15.3. The van der Waals surface area contributed by atoms with Crippen LogP contribution in [0.5, 0.6) is 5.75 Å². The van der Waals surface area contributed by atoms with Crippen molar-refractivity contribution in [2.24, 2.45) is 0 Å². The van der Waals surface area contributed by atoms with E-state index in [0.717, 1.165) is 0 Å². The average Bonchev–Trinajstić information content (AvgIpc) is 2.70. The molecule has 0 spiro atoms. The Morgan fingerprint density at radius 2 is 1.59 bits per heavy atom. The minimum absolute atomic E-state index is 0.0818. The summed E-state index contributed by atoms with van der Waals surface area (Å²) in [5.41, 5.74) is 6.29. The van der Waals surface area contributed by atoms with Crippen molar-refractivity contribution >= 4 is 75.5 Å². The summed E-state index contributed by atoms with van der Waals surface area (Å²) in [7, 11) is 1.57. The summed E-state index contributed by atoms with van der Waals surface area (Å²) in [6.07, 6.45) is 0. The highest BCUT2D eigenvalue weighted by Crippen LogP contribution is 2.24. The van der Waals surface area contributed by atoms with Crippen LogP contribution in [0.4, 0.5) is 11.4 Å². The number of amides is 2. The van der Waals surface area contributed by atoms with Crippen LogP contribution in [-0.4, -0.2) is 35.5 Å². The van der Waals surface area contributed by atoms with E-state index in [1.807, 2.05) is 0 Å². The van der Waals surface area contributed by atoms with E-state index in [2.05, 4.69) is 21.5 Å². The lowest BCUT2D eigenvalue weighted by molar-refractivity contribution is -0.119. The molecule has 0 atom stereocenters. The fourth-order valence-corrected chi connectivity index (χ4v) is 3.09. The molecular weight excluding hydrogens is 455 g/mol. The Kier molecular flexibility index (Phi) is 9.33. The molecule has 2 aromatic rings. The van der Waals surface area contributed by atoms with E-state index in [0.29, 0.717) is 27.2 Å². The van der Waals surface area contributed by atoms with Crippen molar-refractivity contribution in [2.45, 2.75) is 0 Å². The predicted molar refractivity (Wildman–Crippen MR) is 123 cm³/mol. The molecule has 0 aliphatic heterocycles. The number of anilines is 2. The number of nitrogens with one attached hydrogen (secondary N) is 4. The van der Waals surface area contributed by atoms with E-state index in [9.17, 15) is 9.59 Å². The number of ether oxygens (including phenoxy) is 1. The van der Waals surface area contributed by atoms with Gasteiger partial charge >= 0.3 is 0 Å². The SMILES string of the molecule is COc1ccc(NC(=O)CSCC(=O)NNC(=S)Nc2ccc(Cl)c(Cl)c2)cc1. The third-order valence-corrected chi connectivity index (χ3v) is 5.21. The van der Waals surface area contributed by atoms with Gasteiger partial charge in [0.25, 0.3) is 0 Å². The number of thioether (sulfide) groups is 1. The third kappa shape index (κ3) is 8.36. The Bertz CT molecular complexity index is 882. The first-order valence-electron chi connectivity index (χ1n) is 8.20.